The van der Waals surface area contributed by atoms with Gasteiger partial charge >= 0.3 is 5.97 Å². The lowest BCUT2D eigenvalue weighted by molar-refractivity contribution is -0.145. The first-order chi connectivity index (χ1) is 29.0. The van der Waals surface area contributed by atoms with E-state index in [9.17, 15) is 48.9 Å². The van der Waals surface area contributed by atoms with Crippen LogP contribution in [0.5, 0.6) is 0 Å². The van der Waals surface area contributed by atoms with Crippen LogP contribution in [-0.4, -0.2) is 134 Å². The summed E-state index contributed by atoms with van der Waals surface area (Å²) in [6, 6.07) is 6.65. The Morgan fingerprint density at radius 3 is 1.74 bits per heavy atom. The Bertz CT molecular complexity index is 1950. The normalized spacial score (nSPS) is 15.7. The molecule has 21 heteroatoms. The topological polar surface area (TPSA) is 320 Å². The van der Waals surface area contributed by atoms with Crippen LogP contribution >= 0.6 is 25.3 Å². The average molecular weight is 888 g/mol. The van der Waals surface area contributed by atoms with Gasteiger partial charge in [-0.1, -0.05) is 48.5 Å². The number of carboxylic acids is 1. The molecule has 3 aromatic rings. The van der Waals surface area contributed by atoms with Crippen LogP contribution < -0.4 is 43.4 Å². The van der Waals surface area contributed by atoms with Crippen molar-refractivity contribution in [2.45, 2.75) is 100 Å². The van der Waals surface area contributed by atoms with E-state index in [2.05, 4.69) is 62.1 Å². The van der Waals surface area contributed by atoms with Crippen LogP contribution in [0.1, 0.15) is 44.2 Å². The predicted molar refractivity (Wildman–Crippen MR) is 233 cm³/mol. The zero-order chi connectivity index (χ0) is 45.2. The first kappa shape index (κ1) is 50.2. The number of thiol groups is 2. The van der Waals surface area contributed by atoms with Crippen molar-refractivity contribution in [1.29, 1.82) is 0 Å². The number of H-pyrrole nitrogens is 1. The highest BCUT2D eigenvalue weighted by Crippen LogP contribution is 2.20. The number of nitrogens with one attached hydrogen (secondary N) is 7. The third kappa shape index (κ3) is 15.3. The van der Waals surface area contributed by atoms with Gasteiger partial charge in [0.2, 0.25) is 35.4 Å². The van der Waals surface area contributed by atoms with Crippen molar-refractivity contribution < 1.29 is 48.9 Å². The quantitative estimate of drug-likeness (QED) is 0.0326. The van der Waals surface area contributed by atoms with Gasteiger partial charge in [0.15, 0.2) is 6.04 Å². The Morgan fingerprint density at radius 1 is 0.639 bits per heavy atom. The molecule has 1 heterocycles. The molecule has 0 fully saturated rings. The van der Waals surface area contributed by atoms with Crippen molar-refractivity contribution in [3.63, 3.8) is 0 Å². The maximum absolute atomic E-state index is 14.2. The molecule has 0 aliphatic rings. The average Bonchev–Trinajstić information content (AvgIpc) is 3.64. The molecule has 0 bridgehead atoms. The molecule has 0 unspecified atom stereocenters. The zero-order valence-electron chi connectivity index (χ0n) is 33.9. The van der Waals surface area contributed by atoms with Crippen LogP contribution in [0, 0.1) is 0 Å². The highest BCUT2D eigenvalue weighted by atomic mass is 32.1. The second-order valence-corrected chi connectivity index (χ2v) is 15.3. The summed E-state index contributed by atoms with van der Waals surface area (Å²) in [7, 11) is 0. The molecule has 0 saturated heterocycles. The number of nitrogens with two attached hydrogens (primary N) is 2. The van der Waals surface area contributed by atoms with Crippen LogP contribution in [0.25, 0.3) is 10.9 Å². The van der Waals surface area contributed by atoms with Gasteiger partial charge in [0, 0.05) is 35.0 Å². The summed E-state index contributed by atoms with van der Waals surface area (Å²) in [6.45, 7) is 2.61. The van der Waals surface area contributed by atoms with Gasteiger partial charge in [-0.05, 0) is 63.3 Å². The SMILES string of the molecule is C[C@@H](O)[C@H](NC(=O)[C@H](CS)NC(=O)[C@@H](NC(=O)[C@H](CCCCN)NC(=O)[C@@H](Cc1c[nH]c2ccccc12)NC(=O)[C@H](CS)NC(=O)[C@H](N)Cc1ccccc1)[C@@H](C)O)C(=O)O. The summed E-state index contributed by atoms with van der Waals surface area (Å²) in [4.78, 5) is 95.8. The number of aliphatic carboxylic acids is 1. The maximum atomic E-state index is 14.2. The lowest BCUT2D eigenvalue weighted by Crippen LogP contribution is -2.62. The van der Waals surface area contributed by atoms with Crippen molar-refractivity contribution >= 4 is 77.6 Å². The van der Waals surface area contributed by atoms with E-state index in [0.29, 0.717) is 18.4 Å². The largest absolute Gasteiger partial charge is 0.480 e. The first-order valence-electron chi connectivity index (χ1n) is 19.7. The van der Waals surface area contributed by atoms with Crippen LogP contribution in [0.3, 0.4) is 0 Å². The molecule has 0 aliphatic heterocycles. The van der Waals surface area contributed by atoms with E-state index < -0.39 is 95.9 Å². The zero-order valence-corrected chi connectivity index (χ0v) is 35.7. The lowest BCUT2D eigenvalue weighted by atomic mass is 10.0. The third-order valence-corrected chi connectivity index (χ3v) is 10.4. The second-order valence-electron chi connectivity index (χ2n) is 14.5. The van der Waals surface area contributed by atoms with Gasteiger partial charge < -0.3 is 63.7 Å². The number of aromatic amines is 1. The monoisotopic (exact) mass is 887 g/mol. The first-order valence-corrected chi connectivity index (χ1v) is 20.9. The highest BCUT2D eigenvalue weighted by Gasteiger charge is 2.35. The number of aromatic nitrogens is 1. The molecule has 6 amide bonds. The Balaban J connectivity index is 1.85. The number of unbranched alkanes of at least 4 members (excludes halogenated alkanes) is 1. The second kappa shape index (κ2) is 24.9. The number of carboxylic acid groups (broad SMARTS) is 1. The van der Waals surface area contributed by atoms with E-state index in [1.165, 1.54) is 6.92 Å². The maximum Gasteiger partial charge on any atom is 0.328 e. The number of rotatable bonds is 25. The van der Waals surface area contributed by atoms with Crippen molar-refractivity contribution in [2.24, 2.45) is 11.5 Å². The number of aliphatic hydroxyl groups is 2. The molecular weight excluding hydrogens is 831 g/mol. The molecule has 0 aliphatic carbocycles. The molecule has 0 saturated carbocycles. The van der Waals surface area contributed by atoms with Gasteiger partial charge in [0.1, 0.15) is 30.2 Å². The number of hydrogen-bond acceptors (Lipinski definition) is 13. The van der Waals surface area contributed by atoms with E-state index >= 15 is 0 Å². The van der Waals surface area contributed by atoms with Gasteiger partial charge in [-0.2, -0.15) is 25.3 Å². The fourth-order valence-electron chi connectivity index (χ4n) is 6.23. The van der Waals surface area contributed by atoms with E-state index in [0.717, 1.165) is 23.4 Å². The van der Waals surface area contributed by atoms with Crippen LogP contribution in [0.4, 0.5) is 0 Å². The number of amides is 6. The molecule has 9 atom stereocenters. The predicted octanol–water partition coefficient (Wildman–Crippen LogP) is -1.98. The highest BCUT2D eigenvalue weighted by molar-refractivity contribution is 7.80. The number of benzene rings is 2. The molecule has 19 nitrogen and oxygen atoms in total. The summed E-state index contributed by atoms with van der Waals surface area (Å²) in [6.07, 6.45) is -0.401. The number of hydrogen-bond donors (Lipinski definition) is 14. The van der Waals surface area contributed by atoms with E-state index in [4.69, 9.17) is 11.5 Å². The molecule has 3 rings (SSSR count). The molecule has 0 spiro atoms. The fourth-order valence-corrected chi connectivity index (χ4v) is 6.74. The van der Waals surface area contributed by atoms with E-state index in [1.807, 2.05) is 48.5 Å². The smallest absolute Gasteiger partial charge is 0.328 e. The number of carbonyl (C=O) groups excluding carboxylic acids is 6. The van der Waals surface area contributed by atoms with Gasteiger partial charge in [0.05, 0.1) is 18.2 Å². The van der Waals surface area contributed by atoms with Gasteiger partial charge in [-0.3, -0.25) is 28.8 Å². The van der Waals surface area contributed by atoms with Crippen LogP contribution in [0.2, 0.25) is 0 Å². The minimum absolute atomic E-state index is 0.0168. The number of aliphatic hydroxyl groups excluding tert-OH is 2. The van der Waals surface area contributed by atoms with Gasteiger partial charge in [0.25, 0.3) is 0 Å². The van der Waals surface area contributed by atoms with Gasteiger partial charge in [-0.15, -0.1) is 0 Å². The van der Waals surface area contributed by atoms with Crippen LogP contribution in [-0.2, 0) is 46.4 Å². The minimum atomic E-state index is -1.70. The molecule has 0 radical (unpaired) electrons. The standard InChI is InChI=1S/C40H57N9O10S2/c1-21(50)32(39(57)47-31(20-61)38(56)49-33(22(2)51)40(58)59)48-35(53)28(14-8-9-15-41)44-36(54)29(17-24-18-43-27-13-7-6-12-25(24)27)45-37(55)30(19-60)46-34(52)26(42)16-23-10-4-3-5-11-23/h3-7,10-13,18,21-22,26,28-33,43,50-51,60-61H,8-9,14-17,19-20,41-42H2,1-2H3,(H,44,54)(H,45,55)(H,46,52)(H,47,57)(H,48,53)(H,49,56)(H,58,59)/t21-,22-,26-,28+,29-,30+,31+,32+,33+/m1/s1. The van der Waals surface area contributed by atoms with Gasteiger partial charge in [-0.25, -0.2) is 4.79 Å². The minimum Gasteiger partial charge on any atom is -0.480 e. The Labute approximate surface area is 364 Å². The van der Waals surface area contributed by atoms with E-state index in [-0.39, 0.29) is 37.3 Å². The number of carbonyl (C=O) groups is 7. The molecular formula is C40H57N9O10S2. The molecule has 14 N–H and O–H groups in total. The van der Waals surface area contributed by atoms with Crippen molar-refractivity contribution in [2.75, 3.05) is 18.1 Å². The molecule has 334 valence electrons. The Hall–Kier alpha value is -5.19. The van der Waals surface area contributed by atoms with Crippen molar-refractivity contribution in [1.82, 2.24) is 36.9 Å². The van der Waals surface area contributed by atoms with Crippen molar-refractivity contribution in [3.05, 3.63) is 71.9 Å². The number of para-hydroxylation sites is 1. The lowest BCUT2D eigenvalue weighted by Gasteiger charge is -2.28. The van der Waals surface area contributed by atoms with E-state index in [1.54, 1.807) is 12.3 Å². The Kier molecular flexibility index (Phi) is 20.5. The fraction of sp³-hybridized carbons (Fsp3) is 0.475. The van der Waals surface area contributed by atoms with Crippen LogP contribution in [0.15, 0.2) is 60.8 Å². The molecule has 2 aromatic carbocycles. The summed E-state index contributed by atoms with van der Waals surface area (Å²) in [5.74, 6) is -7.12. The summed E-state index contributed by atoms with van der Waals surface area (Å²) < 4.78 is 0. The number of fused-ring (bicyclic) bond motifs is 1. The molecule has 61 heavy (non-hydrogen) atoms. The summed E-state index contributed by atoms with van der Waals surface area (Å²) >= 11 is 8.34. The summed E-state index contributed by atoms with van der Waals surface area (Å²) in [5, 5.41) is 45.3. The Morgan fingerprint density at radius 2 is 1.15 bits per heavy atom. The summed E-state index contributed by atoms with van der Waals surface area (Å²) in [5.41, 5.74) is 14.1. The van der Waals surface area contributed by atoms with Crippen molar-refractivity contribution in [3.8, 4) is 0 Å². The molecule has 1 aromatic heterocycles. The third-order valence-electron chi connectivity index (χ3n) is 9.69.